The maximum Gasteiger partial charge on any atom is 0.0313 e. The minimum absolute atomic E-state index is 0.584. The fourth-order valence-electron chi connectivity index (χ4n) is 1.29. The molecule has 2 heteroatoms. The Morgan fingerprint density at radius 2 is 1.93 bits per heavy atom. The predicted octanol–water partition coefficient (Wildman–Crippen LogP) is 2.48. The van der Waals surface area contributed by atoms with Gasteiger partial charge in [-0.3, -0.25) is 9.88 Å². The number of hydrogen-bond acceptors (Lipinski definition) is 2. The summed E-state index contributed by atoms with van der Waals surface area (Å²) >= 11 is 0. The van der Waals surface area contributed by atoms with Crippen molar-refractivity contribution in [3.8, 4) is 0 Å². The Bertz CT molecular complexity index is 281. The first-order chi connectivity index (χ1) is 6.63. The van der Waals surface area contributed by atoms with Gasteiger partial charge in [0.2, 0.25) is 0 Å². The average molecular weight is 192 g/mol. The predicted molar refractivity (Wildman–Crippen MR) is 60.2 cm³/mol. The van der Waals surface area contributed by atoms with Gasteiger partial charge in [-0.2, -0.15) is 0 Å². The molecule has 0 aromatic carbocycles. The lowest BCUT2D eigenvalue weighted by Gasteiger charge is -2.20. The fourth-order valence-corrected chi connectivity index (χ4v) is 1.29. The van der Waals surface area contributed by atoms with Crippen molar-refractivity contribution in [3.05, 3.63) is 29.6 Å². The summed E-state index contributed by atoms with van der Waals surface area (Å²) in [6.45, 7) is 7.56. The standard InChI is InChI=1S/C12H20N2/c1-5-11-6-12(8-13-7-11)9-14(4)10(2)3/h6-8,10H,5,9H2,1-4H3. The van der Waals surface area contributed by atoms with Gasteiger partial charge in [0.1, 0.15) is 0 Å². The van der Waals surface area contributed by atoms with Crippen molar-refractivity contribution >= 4 is 0 Å². The van der Waals surface area contributed by atoms with E-state index in [9.17, 15) is 0 Å². The Labute approximate surface area is 87.0 Å². The van der Waals surface area contributed by atoms with Gasteiger partial charge in [0.15, 0.2) is 0 Å². The second-order valence-corrected chi connectivity index (χ2v) is 4.06. The number of aromatic nitrogens is 1. The maximum atomic E-state index is 4.24. The van der Waals surface area contributed by atoms with Gasteiger partial charge >= 0.3 is 0 Å². The summed E-state index contributed by atoms with van der Waals surface area (Å²) in [5, 5.41) is 0. The van der Waals surface area contributed by atoms with Crippen LogP contribution in [0.5, 0.6) is 0 Å². The molecule has 1 aromatic heterocycles. The fraction of sp³-hybridized carbons (Fsp3) is 0.583. The lowest BCUT2D eigenvalue weighted by atomic mass is 10.1. The summed E-state index contributed by atoms with van der Waals surface area (Å²) in [6.07, 6.45) is 4.96. The number of nitrogens with zero attached hydrogens (tertiary/aromatic N) is 2. The molecule has 0 aliphatic carbocycles. The van der Waals surface area contributed by atoms with E-state index in [0.29, 0.717) is 6.04 Å². The Morgan fingerprint density at radius 3 is 2.50 bits per heavy atom. The van der Waals surface area contributed by atoms with Crippen LogP contribution >= 0.6 is 0 Å². The van der Waals surface area contributed by atoms with Crippen molar-refractivity contribution < 1.29 is 0 Å². The second-order valence-electron chi connectivity index (χ2n) is 4.06. The monoisotopic (exact) mass is 192 g/mol. The van der Waals surface area contributed by atoms with Gasteiger partial charge in [-0.1, -0.05) is 13.0 Å². The van der Waals surface area contributed by atoms with Gasteiger partial charge in [0, 0.05) is 25.0 Å². The van der Waals surface area contributed by atoms with Crippen LogP contribution in [0.4, 0.5) is 0 Å². The third-order valence-electron chi connectivity index (χ3n) is 2.57. The zero-order chi connectivity index (χ0) is 10.6. The smallest absolute Gasteiger partial charge is 0.0313 e. The summed E-state index contributed by atoms with van der Waals surface area (Å²) in [7, 11) is 2.14. The first-order valence-electron chi connectivity index (χ1n) is 5.26. The summed E-state index contributed by atoms with van der Waals surface area (Å²) in [4.78, 5) is 6.56. The van der Waals surface area contributed by atoms with E-state index in [0.717, 1.165) is 13.0 Å². The topological polar surface area (TPSA) is 16.1 Å². The molecule has 0 amide bonds. The summed E-state index contributed by atoms with van der Waals surface area (Å²) in [6, 6.07) is 2.83. The third-order valence-corrected chi connectivity index (χ3v) is 2.57. The Kier molecular flexibility index (Phi) is 4.08. The molecule has 0 fully saturated rings. The van der Waals surface area contributed by atoms with E-state index >= 15 is 0 Å². The number of aryl methyl sites for hydroxylation is 1. The van der Waals surface area contributed by atoms with Crippen LogP contribution < -0.4 is 0 Å². The zero-order valence-electron chi connectivity index (χ0n) is 9.62. The van der Waals surface area contributed by atoms with Crippen LogP contribution in [0.15, 0.2) is 18.5 Å². The van der Waals surface area contributed by atoms with Crippen LogP contribution in [0.3, 0.4) is 0 Å². The molecule has 1 heterocycles. The van der Waals surface area contributed by atoms with Crippen molar-refractivity contribution in [1.82, 2.24) is 9.88 Å². The molecular weight excluding hydrogens is 172 g/mol. The number of hydrogen-bond donors (Lipinski definition) is 0. The van der Waals surface area contributed by atoms with E-state index in [1.54, 1.807) is 0 Å². The molecular formula is C12H20N2. The molecule has 0 N–H and O–H groups in total. The summed E-state index contributed by atoms with van der Waals surface area (Å²) < 4.78 is 0. The van der Waals surface area contributed by atoms with Crippen LogP contribution in [-0.4, -0.2) is 23.0 Å². The maximum absolute atomic E-state index is 4.24. The van der Waals surface area contributed by atoms with Gasteiger partial charge in [0.25, 0.3) is 0 Å². The molecule has 0 spiro atoms. The quantitative estimate of drug-likeness (QED) is 0.728. The van der Waals surface area contributed by atoms with Crippen molar-refractivity contribution in [2.24, 2.45) is 0 Å². The Hall–Kier alpha value is -0.890. The number of rotatable bonds is 4. The molecule has 0 radical (unpaired) electrons. The van der Waals surface area contributed by atoms with Crippen LogP contribution in [0, 0.1) is 0 Å². The minimum atomic E-state index is 0.584. The van der Waals surface area contributed by atoms with E-state index in [1.165, 1.54) is 11.1 Å². The molecule has 0 aliphatic rings. The lowest BCUT2D eigenvalue weighted by molar-refractivity contribution is 0.265. The normalized spacial score (nSPS) is 11.3. The second kappa shape index (κ2) is 5.11. The molecule has 1 aromatic rings. The highest BCUT2D eigenvalue weighted by Gasteiger charge is 2.04. The van der Waals surface area contributed by atoms with Gasteiger partial charge in [0.05, 0.1) is 0 Å². The first kappa shape index (κ1) is 11.2. The molecule has 0 aliphatic heterocycles. The zero-order valence-corrected chi connectivity index (χ0v) is 9.62. The highest BCUT2D eigenvalue weighted by molar-refractivity contribution is 5.17. The Balaban J connectivity index is 2.66. The highest BCUT2D eigenvalue weighted by Crippen LogP contribution is 2.07. The summed E-state index contributed by atoms with van der Waals surface area (Å²) in [5.41, 5.74) is 2.63. The van der Waals surface area contributed by atoms with Gasteiger partial charge in [-0.05, 0) is 38.4 Å². The van der Waals surface area contributed by atoms with Crippen molar-refractivity contribution in [3.63, 3.8) is 0 Å². The largest absolute Gasteiger partial charge is 0.300 e. The Morgan fingerprint density at radius 1 is 1.29 bits per heavy atom. The van der Waals surface area contributed by atoms with E-state index in [2.05, 4.69) is 43.8 Å². The van der Waals surface area contributed by atoms with E-state index < -0.39 is 0 Å². The SMILES string of the molecule is CCc1cncc(CN(C)C(C)C)c1. The molecule has 14 heavy (non-hydrogen) atoms. The van der Waals surface area contributed by atoms with Crippen LogP contribution in [-0.2, 0) is 13.0 Å². The van der Waals surface area contributed by atoms with E-state index in [4.69, 9.17) is 0 Å². The van der Waals surface area contributed by atoms with Gasteiger partial charge in [-0.15, -0.1) is 0 Å². The molecule has 0 unspecified atom stereocenters. The lowest BCUT2D eigenvalue weighted by Crippen LogP contribution is -2.25. The highest BCUT2D eigenvalue weighted by atomic mass is 15.1. The average Bonchev–Trinajstić information content (AvgIpc) is 2.18. The summed E-state index contributed by atoms with van der Waals surface area (Å²) in [5.74, 6) is 0. The van der Waals surface area contributed by atoms with Crippen molar-refractivity contribution in [2.45, 2.75) is 39.8 Å². The van der Waals surface area contributed by atoms with Crippen molar-refractivity contribution in [2.75, 3.05) is 7.05 Å². The molecule has 0 atom stereocenters. The van der Waals surface area contributed by atoms with Crippen LogP contribution in [0.2, 0.25) is 0 Å². The molecule has 0 saturated heterocycles. The molecule has 0 saturated carbocycles. The molecule has 1 rings (SSSR count). The molecule has 78 valence electrons. The number of pyridine rings is 1. The molecule has 2 nitrogen and oxygen atoms in total. The van der Waals surface area contributed by atoms with Crippen molar-refractivity contribution in [1.29, 1.82) is 0 Å². The van der Waals surface area contributed by atoms with E-state index in [-0.39, 0.29) is 0 Å². The molecule has 0 bridgehead atoms. The first-order valence-corrected chi connectivity index (χ1v) is 5.26. The van der Waals surface area contributed by atoms with E-state index in [1.807, 2.05) is 12.4 Å². The van der Waals surface area contributed by atoms with Gasteiger partial charge < -0.3 is 0 Å². The van der Waals surface area contributed by atoms with Gasteiger partial charge in [-0.25, -0.2) is 0 Å². The third kappa shape index (κ3) is 3.11. The van der Waals surface area contributed by atoms with Crippen LogP contribution in [0.25, 0.3) is 0 Å². The van der Waals surface area contributed by atoms with Crippen LogP contribution in [0.1, 0.15) is 31.9 Å². The minimum Gasteiger partial charge on any atom is -0.300 e.